The number of methoxy groups -OCH3 is 2. The van der Waals surface area contributed by atoms with E-state index in [1.165, 1.54) is 26.4 Å². The molecule has 2 aliphatic carbocycles. The molecule has 0 amide bonds. The van der Waals surface area contributed by atoms with Crippen LogP contribution in [0, 0.1) is 0 Å². The molecule has 0 heterocycles. The zero-order valence-electron chi connectivity index (χ0n) is 23.9. The number of carbonyl (C=O) groups is 4. The summed E-state index contributed by atoms with van der Waals surface area (Å²) in [6, 6.07) is 18.2. The largest absolute Gasteiger partial charge is 0.467 e. The fourth-order valence-electron chi connectivity index (χ4n) is 3.99. The first-order valence-electron chi connectivity index (χ1n) is 13.4. The van der Waals surface area contributed by atoms with Crippen LogP contribution in [0.2, 0.25) is 0 Å². The van der Waals surface area contributed by atoms with Crippen LogP contribution in [0.4, 0.5) is 0 Å². The average molecular weight is 626 g/mol. The molecule has 43 heavy (non-hydrogen) atoms. The van der Waals surface area contributed by atoms with Crippen molar-refractivity contribution in [3.05, 3.63) is 144 Å². The van der Waals surface area contributed by atoms with Gasteiger partial charge in [0, 0.05) is 53.2 Å². The summed E-state index contributed by atoms with van der Waals surface area (Å²) >= 11 is 0. The third-order valence-electron chi connectivity index (χ3n) is 6.25. The maximum Gasteiger partial charge on any atom is 0.328 e. The molecular formula is C34H34CoN2O6. The zero-order chi connectivity index (χ0) is 30.2. The van der Waals surface area contributed by atoms with Crippen LogP contribution in [-0.2, 0) is 58.3 Å². The number of hydrogen-bond donors (Lipinski definition) is 2. The summed E-state index contributed by atoms with van der Waals surface area (Å²) in [6.07, 6.45) is 17.4. The number of ketones is 2. The van der Waals surface area contributed by atoms with Gasteiger partial charge in [0.1, 0.15) is 12.1 Å². The van der Waals surface area contributed by atoms with Crippen molar-refractivity contribution in [3.63, 3.8) is 0 Å². The molecule has 2 aliphatic rings. The first-order chi connectivity index (χ1) is 20.4. The number of benzene rings is 2. The van der Waals surface area contributed by atoms with E-state index in [4.69, 9.17) is 9.47 Å². The molecular weight excluding hydrogens is 591 g/mol. The molecule has 1 radical (unpaired) electrons. The summed E-state index contributed by atoms with van der Waals surface area (Å²) in [7, 11) is 2.70. The zero-order valence-corrected chi connectivity index (χ0v) is 24.9. The summed E-state index contributed by atoms with van der Waals surface area (Å²) in [4.78, 5) is 47.0. The predicted octanol–water partition coefficient (Wildman–Crippen LogP) is 3.88. The number of rotatable bonds is 10. The first kappa shape index (κ1) is 34.5. The van der Waals surface area contributed by atoms with Gasteiger partial charge < -0.3 is 20.1 Å². The van der Waals surface area contributed by atoms with Gasteiger partial charge in [-0.1, -0.05) is 85.0 Å². The van der Waals surface area contributed by atoms with Gasteiger partial charge in [0.2, 0.25) is 0 Å². The Bertz CT molecular complexity index is 1320. The summed E-state index contributed by atoms with van der Waals surface area (Å²) < 4.78 is 9.61. The minimum atomic E-state index is -0.531. The standard InChI is InChI=1S/2C17H17NO3.Co/c2*1-21-17(20)15(11-13-7-3-2-4-8-13)18-12-14-9-5-6-10-16(14)19;/h2*2-10,12,15,18H,11H2,1H3;/b2*14-12-;. The third-order valence-corrected chi connectivity index (χ3v) is 6.25. The van der Waals surface area contributed by atoms with Gasteiger partial charge in [-0.05, 0) is 35.4 Å². The smallest absolute Gasteiger partial charge is 0.328 e. The topological polar surface area (TPSA) is 111 Å². The molecule has 2 atom stereocenters. The van der Waals surface area contributed by atoms with Crippen LogP contribution >= 0.6 is 0 Å². The second-order valence-corrected chi connectivity index (χ2v) is 9.23. The minimum Gasteiger partial charge on any atom is -0.467 e. The second-order valence-electron chi connectivity index (χ2n) is 9.23. The van der Waals surface area contributed by atoms with Gasteiger partial charge in [0.05, 0.1) is 14.2 Å². The molecule has 225 valence electrons. The second kappa shape index (κ2) is 18.6. The van der Waals surface area contributed by atoms with Crippen LogP contribution in [0.15, 0.2) is 133 Å². The normalized spacial score (nSPS) is 16.4. The molecule has 2 N–H and O–H groups in total. The molecule has 0 aliphatic heterocycles. The summed E-state index contributed by atoms with van der Waals surface area (Å²) in [5.41, 5.74) is 3.06. The van der Waals surface area contributed by atoms with Crippen molar-refractivity contribution in [3.8, 4) is 0 Å². The van der Waals surface area contributed by atoms with Gasteiger partial charge in [-0.2, -0.15) is 0 Å². The van der Waals surface area contributed by atoms with E-state index >= 15 is 0 Å². The first-order valence-corrected chi connectivity index (χ1v) is 13.4. The number of esters is 2. The van der Waals surface area contributed by atoms with Crippen LogP contribution in [0.1, 0.15) is 11.1 Å². The molecule has 2 unspecified atom stereocenters. The van der Waals surface area contributed by atoms with E-state index < -0.39 is 12.1 Å². The molecule has 0 spiro atoms. The third kappa shape index (κ3) is 11.6. The molecule has 8 nitrogen and oxygen atoms in total. The van der Waals surface area contributed by atoms with Gasteiger partial charge in [0.25, 0.3) is 0 Å². The maximum absolute atomic E-state index is 11.8. The van der Waals surface area contributed by atoms with E-state index in [1.54, 1.807) is 48.9 Å². The molecule has 2 aromatic rings. The quantitative estimate of drug-likeness (QED) is 0.303. The Kier molecular flexibility index (Phi) is 14.9. The Morgan fingerprint density at radius 2 is 0.977 bits per heavy atom. The molecule has 2 aromatic carbocycles. The van der Waals surface area contributed by atoms with Crippen molar-refractivity contribution in [2.75, 3.05) is 14.2 Å². The monoisotopic (exact) mass is 625 g/mol. The van der Waals surface area contributed by atoms with Crippen molar-refractivity contribution in [2.45, 2.75) is 24.9 Å². The summed E-state index contributed by atoms with van der Waals surface area (Å²) in [5, 5.41) is 5.95. The van der Waals surface area contributed by atoms with E-state index in [2.05, 4.69) is 10.6 Å². The Hall–Kier alpha value is -4.73. The van der Waals surface area contributed by atoms with Gasteiger partial charge in [-0.3, -0.25) is 9.59 Å². The fourth-order valence-corrected chi connectivity index (χ4v) is 3.99. The molecule has 0 aromatic heterocycles. The summed E-state index contributed by atoms with van der Waals surface area (Å²) in [5.74, 6) is -0.904. The minimum absolute atomic E-state index is 0. The van der Waals surface area contributed by atoms with Crippen molar-refractivity contribution in [1.29, 1.82) is 0 Å². The molecule has 9 heteroatoms. The van der Waals surface area contributed by atoms with Crippen molar-refractivity contribution >= 4 is 23.5 Å². The number of nitrogens with one attached hydrogen (secondary N) is 2. The van der Waals surface area contributed by atoms with E-state index in [1.807, 2.05) is 60.7 Å². The Balaban J connectivity index is 0.000000293. The predicted molar refractivity (Wildman–Crippen MR) is 161 cm³/mol. The van der Waals surface area contributed by atoms with E-state index in [-0.39, 0.29) is 40.3 Å². The number of carbonyl (C=O) groups excluding carboxylic acids is 4. The fraction of sp³-hybridized carbons (Fsp3) is 0.176. The van der Waals surface area contributed by atoms with Crippen molar-refractivity contribution in [2.24, 2.45) is 0 Å². The SMILES string of the molecule is COC(=O)C(Cc1ccccc1)N/C=C1/C=CC=CC1=O.COC(=O)C(Cc1ccccc1)N/C=C1/C=CC=CC1=O.[Co]. The molecule has 0 fully saturated rings. The molecule has 0 saturated carbocycles. The van der Waals surface area contributed by atoms with Crippen LogP contribution in [0.25, 0.3) is 0 Å². The van der Waals surface area contributed by atoms with Gasteiger partial charge in [0.15, 0.2) is 11.6 Å². The number of hydrogen-bond acceptors (Lipinski definition) is 8. The van der Waals surface area contributed by atoms with Gasteiger partial charge in [-0.25, -0.2) is 9.59 Å². The molecule has 0 bridgehead atoms. The van der Waals surface area contributed by atoms with Crippen LogP contribution < -0.4 is 10.6 Å². The van der Waals surface area contributed by atoms with Crippen LogP contribution in [-0.4, -0.2) is 49.8 Å². The summed E-state index contributed by atoms with van der Waals surface area (Å²) in [6.45, 7) is 0. The number of allylic oxidation sites excluding steroid dienone is 10. The van der Waals surface area contributed by atoms with Gasteiger partial charge >= 0.3 is 11.9 Å². The van der Waals surface area contributed by atoms with Crippen molar-refractivity contribution < 1.29 is 45.4 Å². The van der Waals surface area contributed by atoms with E-state index in [0.29, 0.717) is 24.0 Å². The van der Waals surface area contributed by atoms with Crippen LogP contribution in [0.5, 0.6) is 0 Å². The van der Waals surface area contributed by atoms with Crippen LogP contribution in [0.3, 0.4) is 0 Å². The van der Waals surface area contributed by atoms with E-state index in [0.717, 1.165) is 11.1 Å². The number of ether oxygens (including phenoxy) is 2. The Morgan fingerprint density at radius 1 is 0.628 bits per heavy atom. The molecule has 0 saturated heterocycles. The van der Waals surface area contributed by atoms with Gasteiger partial charge in [-0.15, -0.1) is 0 Å². The molecule has 4 rings (SSSR count). The Morgan fingerprint density at radius 3 is 1.30 bits per heavy atom. The Labute approximate surface area is 262 Å². The average Bonchev–Trinajstić information content (AvgIpc) is 3.03. The van der Waals surface area contributed by atoms with E-state index in [9.17, 15) is 19.2 Å². The van der Waals surface area contributed by atoms with Crippen molar-refractivity contribution in [1.82, 2.24) is 10.6 Å². The maximum atomic E-state index is 11.8.